The van der Waals surface area contributed by atoms with Gasteiger partial charge in [0, 0.05) is 31.7 Å². The number of nitrogens with zero attached hydrogens (tertiary/aromatic N) is 3. The van der Waals surface area contributed by atoms with Crippen molar-refractivity contribution in [1.82, 2.24) is 14.4 Å². The summed E-state index contributed by atoms with van der Waals surface area (Å²) in [6.45, 7) is 1.82. The SMILES string of the molecule is COCCOCc1nc(C2CCN(S(=O)(=O)Cc3ccccc3F)CC2)no1. The summed E-state index contributed by atoms with van der Waals surface area (Å²) in [6.07, 6.45) is 1.17. The van der Waals surface area contributed by atoms with Crippen LogP contribution in [0.1, 0.15) is 36.0 Å². The van der Waals surface area contributed by atoms with E-state index in [9.17, 15) is 12.8 Å². The highest BCUT2D eigenvalue weighted by Crippen LogP contribution is 2.28. The lowest BCUT2D eigenvalue weighted by atomic mass is 9.98. The standard InChI is InChI=1S/C18H24FN3O5S/c1-25-10-11-26-12-17-20-18(21-27-17)14-6-8-22(9-7-14)28(23,24)13-15-4-2-3-5-16(15)19/h2-5,14H,6-13H2,1H3. The zero-order valence-electron chi connectivity index (χ0n) is 15.7. The Morgan fingerprint density at radius 2 is 2.00 bits per heavy atom. The van der Waals surface area contributed by atoms with Crippen molar-refractivity contribution in [1.29, 1.82) is 0 Å². The van der Waals surface area contributed by atoms with Gasteiger partial charge >= 0.3 is 0 Å². The van der Waals surface area contributed by atoms with E-state index in [1.165, 1.54) is 16.4 Å². The monoisotopic (exact) mass is 413 g/mol. The van der Waals surface area contributed by atoms with Gasteiger partial charge in [-0.1, -0.05) is 23.4 Å². The van der Waals surface area contributed by atoms with E-state index in [0.29, 0.717) is 50.9 Å². The molecular formula is C18H24FN3O5S. The van der Waals surface area contributed by atoms with Gasteiger partial charge in [0.15, 0.2) is 5.82 Å². The molecule has 1 fully saturated rings. The molecule has 3 rings (SSSR count). The highest BCUT2D eigenvalue weighted by Gasteiger charge is 2.31. The molecule has 154 valence electrons. The number of hydrogen-bond donors (Lipinski definition) is 0. The first-order valence-corrected chi connectivity index (χ1v) is 10.7. The second kappa shape index (κ2) is 9.55. The van der Waals surface area contributed by atoms with Crippen molar-refractivity contribution in [3.8, 4) is 0 Å². The molecule has 0 amide bonds. The van der Waals surface area contributed by atoms with E-state index in [1.54, 1.807) is 19.2 Å². The summed E-state index contributed by atoms with van der Waals surface area (Å²) in [6, 6.07) is 5.94. The highest BCUT2D eigenvalue weighted by molar-refractivity contribution is 7.88. The summed E-state index contributed by atoms with van der Waals surface area (Å²) in [5.74, 6) is 0.136. The molecule has 28 heavy (non-hydrogen) atoms. The predicted octanol–water partition coefficient (Wildman–Crippen LogP) is 2.08. The van der Waals surface area contributed by atoms with Crippen LogP contribution in [-0.4, -0.2) is 56.3 Å². The number of rotatable bonds is 9. The number of ether oxygens (including phenoxy) is 2. The number of piperidine rings is 1. The normalized spacial score (nSPS) is 16.5. The highest BCUT2D eigenvalue weighted by atomic mass is 32.2. The molecule has 0 N–H and O–H groups in total. The summed E-state index contributed by atoms with van der Waals surface area (Å²) < 4.78 is 55.8. The maximum absolute atomic E-state index is 13.8. The summed E-state index contributed by atoms with van der Waals surface area (Å²) in [7, 11) is -1.99. The molecular weight excluding hydrogens is 389 g/mol. The number of aromatic nitrogens is 2. The van der Waals surface area contributed by atoms with Gasteiger partial charge in [0.05, 0.1) is 19.0 Å². The fraction of sp³-hybridized carbons (Fsp3) is 0.556. The first-order valence-electron chi connectivity index (χ1n) is 9.10. The van der Waals surface area contributed by atoms with Crippen LogP contribution < -0.4 is 0 Å². The lowest BCUT2D eigenvalue weighted by Crippen LogP contribution is -2.38. The Balaban J connectivity index is 1.53. The van der Waals surface area contributed by atoms with Crippen molar-refractivity contribution in [2.75, 3.05) is 33.4 Å². The fourth-order valence-electron chi connectivity index (χ4n) is 3.09. The molecule has 0 aliphatic carbocycles. The van der Waals surface area contributed by atoms with Gasteiger partial charge < -0.3 is 14.0 Å². The molecule has 1 saturated heterocycles. The van der Waals surface area contributed by atoms with Crippen molar-refractivity contribution in [2.45, 2.75) is 31.1 Å². The largest absolute Gasteiger partial charge is 0.382 e. The Kier molecular flexibility index (Phi) is 7.11. The third-order valence-electron chi connectivity index (χ3n) is 4.65. The summed E-state index contributed by atoms with van der Waals surface area (Å²) in [5, 5.41) is 3.99. The minimum absolute atomic E-state index is 0.0244. The molecule has 0 unspecified atom stereocenters. The molecule has 1 aliphatic rings. The van der Waals surface area contributed by atoms with Crippen molar-refractivity contribution in [3.05, 3.63) is 47.4 Å². The predicted molar refractivity (Wildman–Crippen MR) is 98.4 cm³/mol. The molecule has 8 nitrogen and oxygen atoms in total. The van der Waals surface area contributed by atoms with Gasteiger partial charge in [-0.15, -0.1) is 0 Å². The second-order valence-corrected chi connectivity index (χ2v) is 8.58. The van der Waals surface area contributed by atoms with Crippen LogP contribution in [0.2, 0.25) is 0 Å². The van der Waals surface area contributed by atoms with Gasteiger partial charge in [-0.25, -0.2) is 17.1 Å². The Labute approximate surface area is 163 Å². The quantitative estimate of drug-likeness (QED) is 0.581. The first-order chi connectivity index (χ1) is 13.5. The van der Waals surface area contributed by atoms with E-state index >= 15 is 0 Å². The number of halogens is 1. The fourth-order valence-corrected chi connectivity index (χ4v) is 4.67. The van der Waals surface area contributed by atoms with Crippen molar-refractivity contribution >= 4 is 10.0 Å². The molecule has 2 aromatic rings. The first kappa shape index (κ1) is 20.8. The van der Waals surface area contributed by atoms with E-state index in [2.05, 4.69) is 10.1 Å². The van der Waals surface area contributed by atoms with Crippen LogP contribution in [0.15, 0.2) is 28.8 Å². The van der Waals surface area contributed by atoms with Crippen molar-refractivity contribution in [2.24, 2.45) is 0 Å². The van der Waals surface area contributed by atoms with Crippen LogP contribution in [-0.2, 0) is 31.9 Å². The zero-order valence-corrected chi connectivity index (χ0v) is 16.5. The van der Waals surface area contributed by atoms with Crippen molar-refractivity contribution in [3.63, 3.8) is 0 Å². The van der Waals surface area contributed by atoms with Gasteiger partial charge in [-0.3, -0.25) is 0 Å². The minimum atomic E-state index is -3.58. The third kappa shape index (κ3) is 5.34. The Hall–Kier alpha value is -1.88. The Morgan fingerprint density at radius 3 is 2.71 bits per heavy atom. The molecule has 0 spiro atoms. The second-order valence-electron chi connectivity index (χ2n) is 6.61. The van der Waals surface area contributed by atoms with Crippen LogP contribution in [0.5, 0.6) is 0 Å². The molecule has 0 radical (unpaired) electrons. The van der Waals surface area contributed by atoms with E-state index in [4.69, 9.17) is 14.0 Å². The molecule has 1 aromatic carbocycles. The molecule has 10 heteroatoms. The van der Waals surface area contributed by atoms with Crippen LogP contribution in [0, 0.1) is 5.82 Å². The minimum Gasteiger partial charge on any atom is -0.382 e. The van der Waals surface area contributed by atoms with Gasteiger partial charge in [-0.2, -0.15) is 4.98 Å². The summed E-state index contributed by atoms with van der Waals surface area (Å²) in [5.41, 5.74) is 0.181. The molecule has 0 atom stereocenters. The van der Waals surface area contributed by atoms with Crippen molar-refractivity contribution < 1.29 is 26.8 Å². The zero-order chi connectivity index (χ0) is 20.0. The van der Waals surface area contributed by atoms with Crippen LogP contribution >= 0.6 is 0 Å². The maximum Gasteiger partial charge on any atom is 0.252 e. The lowest BCUT2D eigenvalue weighted by Gasteiger charge is -2.29. The third-order valence-corrected chi connectivity index (χ3v) is 6.48. The van der Waals surface area contributed by atoms with E-state index in [0.717, 1.165) is 0 Å². The molecule has 2 heterocycles. The van der Waals surface area contributed by atoms with Gasteiger partial charge in [-0.05, 0) is 18.9 Å². The maximum atomic E-state index is 13.8. The van der Waals surface area contributed by atoms with Crippen LogP contribution in [0.4, 0.5) is 4.39 Å². The summed E-state index contributed by atoms with van der Waals surface area (Å²) in [4.78, 5) is 4.34. The average molecular weight is 413 g/mol. The number of hydrogen-bond acceptors (Lipinski definition) is 7. The molecule has 0 saturated carbocycles. The lowest BCUT2D eigenvalue weighted by molar-refractivity contribution is 0.0494. The Morgan fingerprint density at radius 1 is 1.25 bits per heavy atom. The van der Waals surface area contributed by atoms with E-state index in [-0.39, 0.29) is 23.8 Å². The number of benzene rings is 1. The van der Waals surface area contributed by atoms with E-state index in [1.807, 2.05) is 0 Å². The topological polar surface area (TPSA) is 94.8 Å². The molecule has 1 aromatic heterocycles. The molecule has 1 aliphatic heterocycles. The summed E-state index contributed by atoms with van der Waals surface area (Å²) >= 11 is 0. The number of methoxy groups -OCH3 is 1. The number of sulfonamides is 1. The van der Waals surface area contributed by atoms with Crippen LogP contribution in [0.3, 0.4) is 0 Å². The van der Waals surface area contributed by atoms with E-state index < -0.39 is 15.8 Å². The van der Waals surface area contributed by atoms with Crippen LogP contribution in [0.25, 0.3) is 0 Å². The smallest absolute Gasteiger partial charge is 0.252 e. The van der Waals surface area contributed by atoms with Gasteiger partial charge in [0.1, 0.15) is 12.4 Å². The Bertz CT molecular complexity index is 866. The average Bonchev–Trinajstić information content (AvgIpc) is 3.16. The van der Waals surface area contributed by atoms with Gasteiger partial charge in [0.25, 0.3) is 5.89 Å². The van der Waals surface area contributed by atoms with Gasteiger partial charge in [0.2, 0.25) is 10.0 Å². The molecule has 0 bridgehead atoms.